The fraction of sp³-hybridized carbons (Fsp3) is 0.316. The molecule has 0 aliphatic carbocycles. The van der Waals surface area contributed by atoms with Crippen LogP contribution in [-0.2, 0) is 11.3 Å². The van der Waals surface area contributed by atoms with Crippen LogP contribution in [0.15, 0.2) is 54.6 Å². The fourth-order valence-corrected chi connectivity index (χ4v) is 2.31. The molecule has 4 nitrogen and oxygen atoms in total. The number of ether oxygens (including phenoxy) is 1. The van der Waals surface area contributed by atoms with Gasteiger partial charge < -0.3 is 10.1 Å². The van der Waals surface area contributed by atoms with Gasteiger partial charge in [-0.2, -0.15) is 0 Å². The van der Waals surface area contributed by atoms with E-state index in [-0.39, 0.29) is 11.9 Å². The molecular formula is C19H24N2O2. The molecule has 0 radical (unpaired) electrons. The highest BCUT2D eigenvalue weighted by Crippen LogP contribution is 2.25. The van der Waals surface area contributed by atoms with Gasteiger partial charge in [0.15, 0.2) is 0 Å². The smallest absolute Gasteiger partial charge is 0.234 e. The van der Waals surface area contributed by atoms with Gasteiger partial charge in [0.05, 0.1) is 6.54 Å². The minimum atomic E-state index is 0.0314. The molecule has 0 aliphatic rings. The lowest BCUT2D eigenvalue weighted by atomic mass is 10.2. The van der Waals surface area contributed by atoms with E-state index in [1.807, 2.05) is 80.4 Å². The molecule has 0 heterocycles. The molecular weight excluding hydrogens is 288 g/mol. The third-order valence-corrected chi connectivity index (χ3v) is 3.25. The van der Waals surface area contributed by atoms with Crippen molar-refractivity contribution >= 4 is 5.91 Å². The first kappa shape index (κ1) is 17.0. The molecule has 0 atom stereocenters. The number of benzene rings is 2. The summed E-state index contributed by atoms with van der Waals surface area (Å²) < 4.78 is 5.95. The summed E-state index contributed by atoms with van der Waals surface area (Å²) in [6.45, 7) is 4.92. The van der Waals surface area contributed by atoms with Gasteiger partial charge in [-0.3, -0.25) is 9.69 Å². The first-order valence-corrected chi connectivity index (χ1v) is 7.83. The third-order valence-electron chi connectivity index (χ3n) is 3.25. The Morgan fingerprint density at radius 1 is 1.09 bits per heavy atom. The van der Waals surface area contributed by atoms with Crippen LogP contribution in [0.1, 0.15) is 19.4 Å². The molecule has 0 saturated carbocycles. The van der Waals surface area contributed by atoms with E-state index in [2.05, 4.69) is 5.32 Å². The molecule has 0 saturated heterocycles. The predicted octanol–water partition coefficient (Wildman–Crippen LogP) is 3.44. The van der Waals surface area contributed by atoms with Gasteiger partial charge in [0.1, 0.15) is 11.5 Å². The number of amides is 1. The van der Waals surface area contributed by atoms with E-state index in [1.54, 1.807) is 0 Å². The first-order valence-electron chi connectivity index (χ1n) is 7.83. The van der Waals surface area contributed by atoms with Crippen LogP contribution in [0, 0.1) is 0 Å². The van der Waals surface area contributed by atoms with Gasteiger partial charge in [-0.05, 0) is 39.1 Å². The molecule has 2 rings (SSSR count). The maximum Gasteiger partial charge on any atom is 0.234 e. The van der Waals surface area contributed by atoms with Crippen LogP contribution in [0.4, 0.5) is 0 Å². The maximum atomic E-state index is 11.8. The van der Waals surface area contributed by atoms with Gasteiger partial charge in [-0.25, -0.2) is 0 Å². The molecule has 0 spiro atoms. The molecule has 23 heavy (non-hydrogen) atoms. The highest BCUT2D eigenvalue weighted by atomic mass is 16.5. The predicted molar refractivity (Wildman–Crippen MR) is 92.6 cm³/mol. The summed E-state index contributed by atoms with van der Waals surface area (Å²) in [5.74, 6) is 1.65. The number of nitrogens with one attached hydrogen (secondary N) is 1. The van der Waals surface area contributed by atoms with Crippen LogP contribution in [0.2, 0.25) is 0 Å². The Kier molecular flexibility index (Phi) is 6.18. The van der Waals surface area contributed by atoms with Crippen molar-refractivity contribution in [2.45, 2.75) is 26.4 Å². The van der Waals surface area contributed by atoms with Crippen LogP contribution in [0.5, 0.6) is 11.5 Å². The average molecular weight is 312 g/mol. The number of para-hydroxylation sites is 2. The number of carbonyl (C=O) groups excluding carboxylic acids is 1. The number of rotatable bonds is 7. The van der Waals surface area contributed by atoms with Gasteiger partial charge in [0.25, 0.3) is 0 Å². The summed E-state index contributed by atoms with van der Waals surface area (Å²) in [5.41, 5.74) is 1.05. The van der Waals surface area contributed by atoms with Crippen molar-refractivity contribution in [1.29, 1.82) is 0 Å². The lowest BCUT2D eigenvalue weighted by Gasteiger charge is -2.19. The van der Waals surface area contributed by atoms with Crippen molar-refractivity contribution in [2.75, 3.05) is 13.6 Å². The summed E-state index contributed by atoms with van der Waals surface area (Å²) in [5, 5.41) is 2.90. The maximum absolute atomic E-state index is 11.8. The third kappa shape index (κ3) is 5.75. The Balaban J connectivity index is 2.01. The Morgan fingerprint density at radius 3 is 2.43 bits per heavy atom. The first-order chi connectivity index (χ1) is 11.0. The number of carbonyl (C=O) groups is 1. The summed E-state index contributed by atoms with van der Waals surface area (Å²) in [7, 11) is 1.93. The monoisotopic (exact) mass is 312 g/mol. The molecule has 122 valence electrons. The fourth-order valence-electron chi connectivity index (χ4n) is 2.31. The van der Waals surface area contributed by atoms with Crippen LogP contribution >= 0.6 is 0 Å². The number of hydrogen-bond acceptors (Lipinski definition) is 3. The Hall–Kier alpha value is -2.33. The largest absolute Gasteiger partial charge is 0.457 e. The Labute approximate surface area is 138 Å². The standard InChI is InChI=1S/C19H24N2O2/c1-15(2)20-19(22)14-21(3)13-16-9-7-8-12-18(16)23-17-10-5-4-6-11-17/h4-12,15H,13-14H2,1-3H3,(H,20,22). The zero-order chi connectivity index (χ0) is 16.7. The van der Waals surface area contributed by atoms with Crippen LogP contribution in [0.25, 0.3) is 0 Å². The summed E-state index contributed by atoms with van der Waals surface area (Å²) >= 11 is 0. The highest BCUT2D eigenvalue weighted by Gasteiger charge is 2.11. The second-order valence-corrected chi connectivity index (χ2v) is 5.92. The lowest BCUT2D eigenvalue weighted by molar-refractivity contribution is -0.122. The van der Waals surface area contributed by atoms with Gasteiger partial charge in [-0.15, -0.1) is 0 Å². The van der Waals surface area contributed by atoms with Crippen molar-refractivity contribution in [3.8, 4) is 11.5 Å². The van der Waals surface area contributed by atoms with Crippen molar-refractivity contribution in [2.24, 2.45) is 0 Å². The van der Waals surface area contributed by atoms with E-state index in [0.29, 0.717) is 13.1 Å². The van der Waals surface area contributed by atoms with Crippen molar-refractivity contribution < 1.29 is 9.53 Å². The molecule has 2 aromatic rings. The number of hydrogen-bond donors (Lipinski definition) is 1. The van der Waals surface area contributed by atoms with E-state index in [0.717, 1.165) is 17.1 Å². The molecule has 2 aromatic carbocycles. The summed E-state index contributed by atoms with van der Waals surface area (Å²) in [6, 6.07) is 17.8. The Bertz CT molecular complexity index is 626. The molecule has 0 bridgehead atoms. The van der Waals surface area contributed by atoms with E-state index >= 15 is 0 Å². The van der Waals surface area contributed by atoms with Gasteiger partial charge in [0.2, 0.25) is 5.91 Å². The second-order valence-electron chi connectivity index (χ2n) is 5.92. The van der Waals surface area contributed by atoms with E-state index in [1.165, 1.54) is 0 Å². The average Bonchev–Trinajstić information content (AvgIpc) is 2.49. The van der Waals surface area contributed by atoms with E-state index in [9.17, 15) is 4.79 Å². The minimum absolute atomic E-state index is 0.0314. The molecule has 0 fully saturated rings. The molecule has 1 amide bonds. The normalized spacial score (nSPS) is 10.8. The summed E-state index contributed by atoms with van der Waals surface area (Å²) in [4.78, 5) is 13.8. The van der Waals surface area contributed by atoms with Crippen molar-refractivity contribution in [3.63, 3.8) is 0 Å². The molecule has 0 aliphatic heterocycles. The highest BCUT2D eigenvalue weighted by molar-refractivity contribution is 5.78. The zero-order valence-electron chi connectivity index (χ0n) is 14.0. The van der Waals surface area contributed by atoms with Gasteiger partial charge in [-0.1, -0.05) is 36.4 Å². The SMILES string of the molecule is CC(C)NC(=O)CN(C)Cc1ccccc1Oc1ccccc1. The lowest BCUT2D eigenvalue weighted by Crippen LogP contribution is -2.38. The number of nitrogens with zero attached hydrogens (tertiary/aromatic N) is 1. The summed E-state index contributed by atoms with van der Waals surface area (Å²) in [6.07, 6.45) is 0. The second kappa shape index (κ2) is 8.34. The van der Waals surface area contributed by atoms with Crippen LogP contribution < -0.4 is 10.1 Å². The molecule has 0 unspecified atom stereocenters. The van der Waals surface area contributed by atoms with E-state index in [4.69, 9.17) is 4.74 Å². The van der Waals surface area contributed by atoms with Crippen molar-refractivity contribution in [3.05, 3.63) is 60.2 Å². The van der Waals surface area contributed by atoms with Crippen molar-refractivity contribution in [1.82, 2.24) is 10.2 Å². The molecule has 4 heteroatoms. The van der Waals surface area contributed by atoms with Gasteiger partial charge >= 0.3 is 0 Å². The topological polar surface area (TPSA) is 41.6 Å². The van der Waals surface area contributed by atoms with Crippen LogP contribution in [-0.4, -0.2) is 30.4 Å². The van der Waals surface area contributed by atoms with E-state index < -0.39 is 0 Å². The van der Waals surface area contributed by atoms with Gasteiger partial charge in [0, 0.05) is 18.2 Å². The zero-order valence-corrected chi connectivity index (χ0v) is 14.0. The molecule has 1 N–H and O–H groups in total. The minimum Gasteiger partial charge on any atom is -0.457 e. The van der Waals surface area contributed by atoms with Crippen LogP contribution in [0.3, 0.4) is 0 Å². The quantitative estimate of drug-likeness (QED) is 0.851. The Morgan fingerprint density at radius 2 is 1.74 bits per heavy atom. The number of likely N-dealkylation sites (N-methyl/N-ethyl adjacent to an activating group) is 1. The molecule has 0 aromatic heterocycles.